The molecule has 0 radical (unpaired) electrons. The third kappa shape index (κ3) is 3.24. The second-order valence-corrected chi connectivity index (χ2v) is 8.88. The maximum absolute atomic E-state index is 5.88. The first-order chi connectivity index (χ1) is 9.42. The van der Waals surface area contributed by atoms with E-state index in [0.29, 0.717) is 13.2 Å². The smallest absolute Gasteiger partial charge is 0.199 e. The van der Waals surface area contributed by atoms with E-state index in [9.17, 15) is 0 Å². The van der Waals surface area contributed by atoms with Crippen LogP contribution in [0.3, 0.4) is 0 Å². The summed E-state index contributed by atoms with van der Waals surface area (Å²) in [7, 11) is 0. The predicted molar refractivity (Wildman–Crippen MR) is 87.0 cm³/mol. The highest BCUT2D eigenvalue weighted by molar-refractivity contribution is 6.05. The Kier molecular flexibility index (Phi) is 3.88. The topological polar surface area (TPSA) is 43.2 Å². The zero-order chi connectivity index (χ0) is 16.1. The van der Waals surface area contributed by atoms with Crippen molar-refractivity contribution >= 4 is 11.8 Å². The largest absolute Gasteiger partial charge is 0.478 e. The summed E-state index contributed by atoms with van der Waals surface area (Å²) in [6, 6.07) is 0.402. The van der Waals surface area contributed by atoms with Gasteiger partial charge in [-0.25, -0.2) is 9.98 Å². The molecule has 0 N–H and O–H groups in total. The predicted octanol–water partition coefficient (Wildman–Crippen LogP) is 3.70. The van der Waals surface area contributed by atoms with Gasteiger partial charge in [-0.15, -0.1) is 0 Å². The number of hydrogen-bond acceptors (Lipinski definition) is 4. The maximum Gasteiger partial charge on any atom is 0.199 e. The lowest BCUT2D eigenvalue weighted by Gasteiger charge is -2.23. The van der Waals surface area contributed by atoms with Gasteiger partial charge >= 0.3 is 0 Å². The summed E-state index contributed by atoms with van der Waals surface area (Å²) in [5.41, 5.74) is -0.158. The highest BCUT2D eigenvalue weighted by Crippen LogP contribution is 2.35. The first-order valence-corrected chi connectivity index (χ1v) is 7.84. The number of hydrogen-bond donors (Lipinski definition) is 0. The summed E-state index contributed by atoms with van der Waals surface area (Å²) >= 11 is 0. The molecule has 2 aliphatic heterocycles. The Balaban J connectivity index is 2.20. The molecule has 21 heavy (non-hydrogen) atoms. The zero-order valence-corrected chi connectivity index (χ0v) is 14.8. The zero-order valence-electron chi connectivity index (χ0n) is 14.8. The van der Waals surface area contributed by atoms with Gasteiger partial charge in [-0.3, -0.25) is 0 Å². The summed E-state index contributed by atoms with van der Waals surface area (Å²) < 4.78 is 11.8. The van der Waals surface area contributed by atoms with Crippen molar-refractivity contribution in [3.05, 3.63) is 0 Å². The van der Waals surface area contributed by atoms with Crippen molar-refractivity contribution in [3.63, 3.8) is 0 Å². The van der Waals surface area contributed by atoms with Crippen molar-refractivity contribution in [2.24, 2.45) is 26.2 Å². The van der Waals surface area contributed by atoms with Gasteiger partial charge in [0, 0.05) is 0 Å². The number of ether oxygens (including phenoxy) is 2. The van der Waals surface area contributed by atoms with Crippen LogP contribution in [-0.4, -0.2) is 37.1 Å². The van der Waals surface area contributed by atoms with Crippen LogP contribution < -0.4 is 0 Å². The highest BCUT2D eigenvalue weighted by atomic mass is 16.5. The van der Waals surface area contributed by atoms with Crippen LogP contribution in [0.2, 0.25) is 0 Å². The SMILES string of the molecule is CC(C)(C1=N[C@H](C(C)(C)C)CO1)C1=N[C@@H](C(C)(C)C)CO1. The molecule has 2 atom stereocenters. The number of aliphatic imine (C=N–C) groups is 2. The maximum atomic E-state index is 5.88. The Labute approximate surface area is 129 Å². The average molecular weight is 294 g/mol. The summed E-state index contributed by atoms with van der Waals surface area (Å²) in [6.07, 6.45) is 0. The molecule has 2 aliphatic rings. The summed E-state index contributed by atoms with van der Waals surface area (Å²) in [6.45, 7) is 18.6. The first kappa shape index (κ1) is 16.3. The Morgan fingerprint density at radius 3 is 1.29 bits per heavy atom. The lowest BCUT2D eigenvalue weighted by Crippen LogP contribution is -2.34. The highest BCUT2D eigenvalue weighted by Gasteiger charge is 2.44. The van der Waals surface area contributed by atoms with Crippen molar-refractivity contribution in [1.82, 2.24) is 0 Å². The minimum absolute atomic E-state index is 0.115. The van der Waals surface area contributed by atoms with Gasteiger partial charge in [-0.2, -0.15) is 0 Å². The van der Waals surface area contributed by atoms with Gasteiger partial charge in [0.15, 0.2) is 11.8 Å². The molecular formula is C17H30N2O2. The molecule has 0 saturated heterocycles. The Bertz CT molecular complexity index is 422. The number of rotatable bonds is 2. The fourth-order valence-electron chi connectivity index (χ4n) is 2.41. The van der Waals surface area contributed by atoms with Crippen molar-refractivity contribution in [2.75, 3.05) is 13.2 Å². The van der Waals surface area contributed by atoms with E-state index in [0.717, 1.165) is 11.8 Å². The molecule has 0 saturated carbocycles. The standard InChI is InChI=1S/C17H30N2O2/c1-15(2,3)11-9-20-13(18-11)17(7,8)14-19-12(10-21-14)16(4,5)6/h11-12H,9-10H2,1-8H3/t11-,12+. The molecule has 0 bridgehead atoms. The van der Waals surface area contributed by atoms with Gasteiger partial charge in [0.25, 0.3) is 0 Å². The van der Waals surface area contributed by atoms with E-state index in [1.54, 1.807) is 0 Å². The van der Waals surface area contributed by atoms with Crippen molar-refractivity contribution in [1.29, 1.82) is 0 Å². The summed E-state index contributed by atoms with van der Waals surface area (Å²) in [5.74, 6) is 1.52. The lowest BCUT2D eigenvalue weighted by molar-refractivity contribution is 0.214. The second-order valence-electron chi connectivity index (χ2n) is 8.88. The Hall–Kier alpha value is -1.06. The molecule has 2 heterocycles. The van der Waals surface area contributed by atoms with Gasteiger partial charge in [0.1, 0.15) is 18.6 Å². The van der Waals surface area contributed by atoms with E-state index in [1.165, 1.54) is 0 Å². The molecule has 0 aliphatic carbocycles. The van der Waals surface area contributed by atoms with E-state index in [1.807, 2.05) is 0 Å². The molecule has 0 aromatic heterocycles. The van der Waals surface area contributed by atoms with E-state index in [-0.39, 0.29) is 28.3 Å². The molecule has 120 valence electrons. The molecular weight excluding hydrogens is 264 g/mol. The second kappa shape index (κ2) is 4.99. The molecule has 4 heteroatoms. The van der Waals surface area contributed by atoms with Crippen LogP contribution in [0.4, 0.5) is 0 Å². The van der Waals surface area contributed by atoms with E-state index < -0.39 is 0 Å². The van der Waals surface area contributed by atoms with E-state index in [2.05, 4.69) is 55.4 Å². The van der Waals surface area contributed by atoms with Crippen LogP contribution in [0.5, 0.6) is 0 Å². The third-order valence-corrected chi connectivity index (χ3v) is 4.37. The van der Waals surface area contributed by atoms with Gasteiger partial charge in [-0.1, -0.05) is 41.5 Å². The average Bonchev–Trinajstić information content (AvgIpc) is 2.97. The Morgan fingerprint density at radius 2 is 1.05 bits per heavy atom. The van der Waals surface area contributed by atoms with E-state index in [4.69, 9.17) is 19.5 Å². The molecule has 0 unspecified atom stereocenters. The summed E-state index contributed by atoms with van der Waals surface area (Å²) in [5, 5.41) is 0. The fraction of sp³-hybridized carbons (Fsp3) is 0.882. The monoisotopic (exact) mass is 294 g/mol. The van der Waals surface area contributed by atoms with Crippen LogP contribution in [-0.2, 0) is 9.47 Å². The fourth-order valence-corrected chi connectivity index (χ4v) is 2.41. The van der Waals surface area contributed by atoms with Gasteiger partial charge in [0.05, 0.1) is 12.1 Å². The van der Waals surface area contributed by atoms with Crippen LogP contribution in [0, 0.1) is 16.2 Å². The first-order valence-electron chi connectivity index (χ1n) is 7.84. The lowest BCUT2D eigenvalue weighted by atomic mass is 9.87. The minimum atomic E-state index is -0.389. The molecule has 0 fully saturated rings. The summed E-state index contributed by atoms with van der Waals surface area (Å²) in [4.78, 5) is 9.59. The van der Waals surface area contributed by atoms with E-state index >= 15 is 0 Å². The molecule has 0 aromatic carbocycles. The van der Waals surface area contributed by atoms with Gasteiger partial charge < -0.3 is 9.47 Å². The normalized spacial score (nSPS) is 27.0. The third-order valence-electron chi connectivity index (χ3n) is 4.37. The quantitative estimate of drug-likeness (QED) is 0.779. The van der Waals surface area contributed by atoms with Crippen LogP contribution in [0.1, 0.15) is 55.4 Å². The van der Waals surface area contributed by atoms with Crippen molar-refractivity contribution < 1.29 is 9.47 Å². The van der Waals surface area contributed by atoms with Crippen LogP contribution >= 0.6 is 0 Å². The van der Waals surface area contributed by atoms with Crippen LogP contribution in [0.25, 0.3) is 0 Å². The molecule has 0 amide bonds. The molecule has 0 aromatic rings. The number of nitrogens with zero attached hydrogens (tertiary/aromatic N) is 2. The van der Waals surface area contributed by atoms with Crippen LogP contribution in [0.15, 0.2) is 9.98 Å². The Morgan fingerprint density at radius 1 is 0.714 bits per heavy atom. The molecule has 2 rings (SSSR count). The van der Waals surface area contributed by atoms with Gasteiger partial charge in [0.2, 0.25) is 0 Å². The van der Waals surface area contributed by atoms with Gasteiger partial charge in [-0.05, 0) is 24.7 Å². The molecule has 0 spiro atoms. The van der Waals surface area contributed by atoms with Crippen molar-refractivity contribution in [3.8, 4) is 0 Å². The van der Waals surface area contributed by atoms with Crippen molar-refractivity contribution in [2.45, 2.75) is 67.5 Å². The molecule has 4 nitrogen and oxygen atoms in total. The minimum Gasteiger partial charge on any atom is -0.478 e.